The molecule has 0 atom stereocenters. The highest BCUT2D eigenvalue weighted by molar-refractivity contribution is 7.80. The predicted octanol–water partition coefficient (Wildman–Crippen LogP) is 2.44. The Morgan fingerprint density at radius 1 is 1.56 bits per heavy atom. The first-order chi connectivity index (χ1) is 8.36. The molecule has 0 fully saturated rings. The summed E-state index contributed by atoms with van der Waals surface area (Å²) in [6.07, 6.45) is -0.331. The molecule has 18 heavy (non-hydrogen) atoms. The number of hydrogen-bond acceptors (Lipinski definition) is 4. The minimum Gasteiger partial charge on any atom is -0.469 e. The number of thiol groups is 1. The third-order valence-corrected chi connectivity index (χ3v) is 3.05. The van der Waals surface area contributed by atoms with E-state index in [1.165, 1.54) is 20.1 Å². The summed E-state index contributed by atoms with van der Waals surface area (Å²) in [6, 6.07) is 1.28. The van der Waals surface area contributed by atoms with Crippen molar-refractivity contribution in [1.29, 1.82) is 0 Å². The molecule has 1 aromatic rings. The molecule has 0 radical (unpaired) electrons. The van der Waals surface area contributed by atoms with E-state index in [1.807, 2.05) is 0 Å². The Labute approximate surface area is 114 Å². The van der Waals surface area contributed by atoms with Crippen molar-refractivity contribution in [3.05, 3.63) is 22.5 Å². The molecular weight excluding hydrogens is 281 g/mol. The normalized spacial score (nSPS) is 10.1. The van der Waals surface area contributed by atoms with Crippen molar-refractivity contribution in [3.8, 4) is 0 Å². The molecule has 0 aromatic heterocycles. The van der Waals surface area contributed by atoms with Crippen LogP contribution < -0.4 is 5.32 Å². The second kappa shape index (κ2) is 6.06. The van der Waals surface area contributed by atoms with Crippen LogP contribution >= 0.6 is 24.2 Å². The minimum atomic E-state index is -0.765. The smallest absolute Gasteiger partial charge is 0.310 e. The summed E-state index contributed by atoms with van der Waals surface area (Å²) in [7, 11) is 1.19. The molecular formula is C11H11ClFNO3S. The average molecular weight is 292 g/mol. The van der Waals surface area contributed by atoms with Crippen LogP contribution in [-0.2, 0) is 20.7 Å². The number of anilines is 1. The Bertz CT molecular complexity index is 508. The van der Waals surface area contributed by atoms with Gasteiger partial charge >= 0.3 is 5.97 Å². The largest absolute Gasteiger partial charge is 0.469 e. The topological polar surface area (TPSA) is 55.4 Å². The molecule has 1 N–H and O–H groups in total. The van der Waals surface area contributed by atoms with Gasteiger partial charge in [-0.3, -0.25) is 9.59 Å². The van der Waals surface area contributed by atoms with E-state index in [0.29, 0.717) is 0 Å². The van der Waals surface area contributed by atoms with Gasteiger partial charge in [0, 0.05) is 17.4 Å². The van der Waals surface area contributed by atoms with E-state index >= 15 is 0 Å². The van der Waals surface area contributed by atoms with Crippen molar-refractivity contribution in [2.45, 2.75) is 18.2 Å². The van der Waals surface area contributed by atoms with Crippen molar-refractivity contribution >= 4 is 41.8 Å². The molecule has 0 aliphatic carbocycles. The zero-order valence-corrected chi connectivity index (χ0v) is 11.4. The molecule has 0 bridgehead atoms. The summed E-state index contributed by atoms with van der Waals surface area (Å²) in [6.45, 7) is 1.24. The van der Waals surface area contributed by atoms with Crippen molar-refractivity contribution < 1.29 is 18.7 Å². The highest BCUT2D eigenvalue weighted by Gasteiger charge is 2.19. The number of halogens is 2. The summed E-state index contributed by atoms with van der Waals surface area (Å²) in [5.41, 5.74) is -0.129. The molecule has 1 amide bonds. The Morgan fingerprint density at radius 2 is 2.17 bits per heavy atom. The van der Waals surface area contributed by atoms with E-state index in [2.05, 4.69) is 22.7 Å². The lowest BCUT2D eigenvalue weighted by Crippen LogP contribution is -2.12. The summed E-state index contributed by atoms with van der Waals surface area (Å²) in [5.74, 6) is -1.84. The molecule has 1 aromatic carbocycles. The van der Waals surface area contributed by atoms with E-state index in [-0.39, 0.29) is 27.6 Å². The summed E-state index contributed by atoms with van der Waals surface area (Å²) < 4.78 is 18.5. The summed E-state index contributed by atoms with van der Waals surface area (Å²) >= 11 is 9.93. The molecule has 0 unspecified atom stereocenters. The van der Waals surface area contributed by atoms with Crippen LogP contribution in [0.5, 0.6) is 0 Å². The van der Waals surface area contributed by atoms with Crippen LogP contribution in [0.15, 0.2) is 11.0 Å². The maximum atomic E-state index is 14.0. The lowest BCUT2D eigenvalue weighted by Gasteiger charge is -2.12. The van der Waals surface area contributed by atoms with Crippen LogP contribution in [0.3, 0.4) is 0 Å². The van der Waals surface area contributed by atoms with Crippen LogP contribution in [0.4, 0.5) is 10.1 Å². The second-order valence-corrected chi connectivity index (χ2v) is 4.34. The number of rotatable bonds is 3. The number of ether oxygens (including phenoxy) is 1. The molecule has 0 saturated carbocycles. The number of esters is 1. The molecule has 0 saturated heterocycles. The first kappa shape index (κ1) is 14.8. The van der Waals surface area contributed by atoms with Crippen LogP contribution in [0, 0.1) is 5.82 Å². The van der Waals surface area contributed by atoms with Gasteiger partial charge in [-0.25, -0.2) is 4.39 Å². The van der Waals surface area contributed by atoms with Crippen LogP contribution in [0.1, 0.15) is 12.5 Å². The molecule has 0 heterocycles. The van der Waals surface area contributed by atoms with Gasteiger partial charge in [0.15, 0.2) is 5.82 Å². The van der Waals surface area contributed by atoms with Gasteiger partial charge in [0.2, 0.25) is 5.91 Å². The van der Waals surface area contributed by atoms with Gasteiger partial charge in [-0.05, 0) is 6.07 Å². The first-order valence-corrected chi connectivity index (χ1v) is 5.73. The van der Waals surface area contributed by atoms with Gasteiger partial charge < -0.3 is 10.1 Å². The monoisotopic (exact) mass is 291 g/mol. The lowest BCUT2D eigenvalue weighted by molar-refractivity contribution is -0.139. The standard InChI is InChI=1S/C11H11ClFNO3S/c1-5(15)14-7-4-8(18)10(12)6(11(7)13)3-9(16)17-2/h4,18H,3H2,1-2H3,(H,14,15). The van der Waals surface area contributed by atoms with E-state index in [4.69, 9.17) is 11.6 Å². The number of carbonyl (C=O) groups is 2. The highest BCUT2D eigenvalue weighted by atomic mass is 35.5. The maximum Gasteiger partial charge on any atom is 0.310 e. The quantitative estimate of drug-likeness (QED) is 0.664. The van der Waals surface area contributed by atoms with Gasteiger partial charge in [0.1, 0.15) is 0 Å². The van der Waals surface area contributed by atoms with Gasteiger partial charge in [-0.15, -0.1) is 12.6 Å². The number of carbonyl (C=O) groups excluding carboxylic acids is 2. The van der Waals surface area contributed by atoms with Crippen molar-refractivity contribution in [2.24, 2.45) is 0 Å². The summed E-state index contributed by atoms with van der Waals surface area (Å²) in [4.78, 5) is 22.4. The Kier molecular flexibility index (Phi) is 4.98. The fraction of sp³-hybridized carbons (Fsp3) is 0.273. The van der Waals surface area contributed by atoms with Crippen LogP contribution in [0.25, 0.3) is 0 Å². The van der Waals surface area contributed by atoms with Gasteiger partial charge in [-0.1, -0.05) is 11.6 Å². The highest BCUT2D eigenvalue weighted by Crippen LogP contribution is 2.32. The Hall–Kier alpha value is -1.27. The maximum absolute atomic E-state index is 14.0. The third-order valence-electron chi connectivity index (χ3n) is 2.13. The molecule has 98 valence electrons. The minimum absolute atomic E-state index is 0.0235. The van der Waals surface area contributed by atoms with E-state index in [9.17, 15) is 14.0 Å². The molecule has 1 rings (SSSR count). The van der Waals surface area contributed by atoms with E-state index in [1.54, 1.807) is 0 Å². The molecule has 0 aliphatic heterocycles. The zero-order chi connectivity index (χ0) is 13.9. The lowest BCUT2D eigenvalue weighted by atomic mass is 10.1. The van der Waals surface area contributed by atoms with Gasteiger partial charge in [0.05, 0.1) is 24.2 Å². The number of methoxy groups -OCH3 is 1. The number of benzene rings is 1. The molecule has 0 aliphatic rings. The molecule has 4 nitrogen and oxygen atoms in total. The number of amides is 1. The van der Waals surface area contributed by atoms with Crippen molar-refractivity contribution in [1.82, 2.24) is 0 Å². The number of hydrogen-bond donors (Lipinski definition) is 2. The SMILES string of the molecule is COC(=O)Cc1c(F)c(NC(C)=O)cc(S)c1Cl. The first-order valence-electron chi connectivity index (χ1n) is 4.91. The van der Waals surface area contributed by atoms with Crippen molar-refractivity contribution in [2.75, 3.05) is 12.4 Å². The second-order valence-electron chi connectivity index (χ2n) is 3.48. The zero-order valence-electron chi connectivity index (χ0n) is 9.71. The van der Waals surface area contributed by atoms with Crippen molar-refractivity contribution in [3.63, 3.8) is 0 Å². The van der Waals surface area contributed by atoms with Gasteiger partial charge in [-0.2, -0.15) is 0 Å². The molecule has 0 spiro atoms. The fourth-order valence-corrected chi connectivity index (χ4v) is 1.80. The Morgan fingerprint density at radius 3 is 2.67 bits per heavy atom. The predicted molar refractivity (Wildman–Crippen MR) is 68.7 cm³/mol. The molecule has 7 heteroatoms. The van der Waals surface area contributed by atoms with Gasteiger partial charge in [0.25, 0.3) is 0 Å². The Balaban J connectivity index is 3.26. The fourth-order valence-electron chi connectivity index (χ4n) is 1.33. The van der Waals surface area contributed by atoms with E-state index in [0.717, 1.165) is 0 Å². The summed E-state index contributed by atoms with van der Waals surface area (Å²) in [5, 5.41) is 2.32. The average Bonchev–Trinajstić information content (AvgIpc) is 2.30. The van der Waals surface area contributed by atoms with E-state index < -0.39 is 17.7 Å². The third kappa shape index (κ3) is 3.36. The van der Waals surface area contributed by atoms with Crippen LogP contribution in [0.2, 0.25) is 5.02 Å². The van der Waals surface area contributed by atoms with Crippen LogP contribution in [-0.4, -0.2) is 19.0 Å². The number of nitrogens with one attached hydrogen (secondary N) is 1.